The van der Waals surface area contributed by atoms with Crippen LogP contribution in [0.2, 0.25) is 0 Å². The lowest BCUT2D eigenvalue weighted by atomic mass is 10.1. The van der Waals surface area contributed by atoms with E-state index in [2.05, 4.69) is 4.74 Å². The molecule has 2 saturated heterocycles. The van der Waals surface area contributed by atoms with Crippen molar-refractivity contribution in [1.82, 2.24) is 0 Å². The highest BCUT2D eigenvalue weighted by Crippen LogP contribution is 2.30. The van der Waals surface area contributed by atoms with E-state index in [4.69, 9.17) is 18.9 Å². The maximum atomic E-state index is 10.9. The summed E-state index contributed by atoms with van der Waals surface area (Å²) in [7, 11) is 2.87. The van der Waals surface area contributed by atoms with E-state index >= 15 is 0 Å². The van der Waals surface area contributed by atoms with Gasteiger partial charge in [0.15, 0.2) is 6.10 Å². The van der Waals surface area contributed by atoms with E-state index in [1.807, 2.05) is 0 Å². The van der Waals surface area contributed by atoms with Gasteiger partial charge in [-0.1, -0.05) is 0 Å². The molecule has 2 heterocycles. The van der Waals surface area contributed by atoms with Gasteiger partial charge in [0, 0.05) is 7.11 Å². The fourth-order valence-corrected chi connectivity index (χ4v) is 1.90. The molecule has 0 saturated carbocycles. The molecule has 0 aliphatic carbocycles. The highest BCUT2D eigenvalue weighted by atomic mass is 16.7. The van der Waals surface area contributed by atoms with Crippen molar-refractivity contribution in [1.29, 1.82) is 0 Å². The Hall–Kier alpha value is -0.850. The average Bonchev–Trinajstić information content (AvgIpc) is 2.80. The molecular formula is C9H14O6. The molecule has 4 atom stereocenters. The quantitative estimate of drug-likeness (QED) is 0.605. The minimum atomic E-state index is -0.714. The molecule has 0 aromatic heterocycles. The Labute approximate surface area is 87.4 Å². The topological polar surface area (TPSA) is 63.2 Å². The average molecular weight is 218 g/mol. The van der Waals surface area contributed by atoms with Crippen molar-refractivity contribution < 1.29 is 28.5 Å². The van der Waals surface area contributed by atoms with E-state index in [9.17, 15) is 4.79 Å². The third-order valence-electron chi connectivity index (χ3n) is 2.68. The third-order valence-corrected chi connectivity index (χ3v) is 2.68. The maximum Gasteiger partial charge on any atom is 0.508 e. The molecule has 0 bridgehead atoms. The summed E-state index contributed by atoms with van der Waals surface area (Å²) in [6, 6.07) is 0. The number of carbonyl (C=O) groups excluding carboxylic acids is 1. The lowest BCUT2D eigenvalue weighted by molar-refractivity contribution is -0.0328. The molecule has 2 aliphatic rings. The van der Waals surface area contributed by atoms with Crippen molar-refractivity contribution in [3.63, 3.8) is 0 Å². The number of rotatable bonds is 2. The minimum absolute atomic E-state index is 0.0822. The normalized spacial score (nSPS) is 38.8. The monoisotopic (exact) mass is 218 g/mol. The molecule has 2 rings (SSSR count). The van der Waals surface area contributed by atoms with Crippen LogP contribution in [0.1, 0.15) is 0 Å². The molecule has 2 aliphatic heterocycles. The van der Waals surface area contributed by atoms with Crippen LogP contribution < -0.4 is 0 Å². The molecule has 86 valence electrons. The Kier molecular flexibility index (Phi) is 3.08. The molecule has 2 fully saturated rings. The second kappa shape index (κ2) is 4.34. The number of hydrogen-bond acceptors (Lipinski definition) is 6. The Bertz CT molecular complexity index is 243. The Morgan fingerprint density at radius 1 is 1.13 bits per heavy atom. The molecule has 0 spiro atoms. The van der Waals surface area contributed by atoms with Crippen LogP contribution in [0.3, 0.4) is 0 Å². The fourth-order valence-electron chi connectivity index (χ4n) is 1.90. The van der Waals surface area contributed by atoms with Crippen LogP contribution in [0.15, 0.2) is 0 Å². The summed E-state index contributed by atoms with van der Waals surface area (Å²) < 4.78 is 25.5. The zero-order chi connectivity index (χ0) is 10.8. The molecule has 0 radical (unpaired) electrons. The summed E-state index contributed by atoms with van der Waals surface area (Å²) in [5.41, 5.74) is 0. The predicted molar refractivity (Wildman–Crippen MR) is 47.6 cm³/mol. The first kappa shape index (κ1) is 10.7. The standard InChI is InChI=1S/C9H14O6/c1-11-5-3-13-8-6(4-14-7(5)8)15-9(10)12-2/h5-8H,3-4H2,1-2H3/t5?,6?,7-,8-/m1/s1. The van der Waals surface area contributed by atoms with Gasteiger partial charge in [-0.3, -0.25) is 0 Å². The van der Waals surface area contributed by atoms with E-state index in [1.165, 1.54) is 7.11 Å². The molecular weight excluding hydrogens is 204 g/mol. The third kappa shape index (κ3) is 1.92. The molecule has 0 N–H and O–H groups in total. The molecule has 0 aromatic rings. The first-order valence-corrected chi connectivity index (χ1v) is 4.77. The lowest BCUT2D eigenvalue weighted by Gasteiger charge is -2.15. The predicted octanol–water partition coefficient (Wildman–Crippen LogP) is -0.0494. The van der Waals surface area contributed by atoms with Gasteiger partial charge in [0.05, 0.1) is 20.3 Å². The van der Waals surface area contributed by atoms with Gasteiger partial charge in [-0.2, -0.15) is 0 Å². The van der Waals surface area contributed by atoms with Gasteiger partial charge in [0.25, 0.3) is 0 Å². The fraction of sp³-hybridized carbons (Fsp3) is 0.889. The van der Waals surface area contributed by atoms with E-state index in [0.717, 1.165) is 0 Å². The summed E-state index contributed by atoms with van der Waals surface area (Å²) >= 11 is 0. The van der Waals surface area contributed by atoms with Crippen molar-refractivity contribution in [3.8, 4) is 0 Å². The smallest absolute Gasteiger partial charge is 0.438 e. The summed E-state index contributed by atoms with van der Waals surface area (Å²) in [6.07, 6.45) is -1.59. The van der Waals surface area contributed by atoms with Crippen LogP contribution in [-0.2, 0) is 23.7 Å². The molecule has 6 nitrogen and oxygen atoms in total. The van der Waals surface area contributed by atoms with Crippen molar-refractivity contribution in [3.05, 3.63) is 0 Å². The number of carbonyl (C=O) groups is 1. The van der Waals surface area contributed by atoms with Gasteiger partial charge in [-0.25, -0.2) is 4.79 Å². The Morgan fingerprint density at radius 3 is 2.33 bits per heavy atom. The van der Waals surface area contributed by atoms with Crippen molar-refractivity contribution in [2.75, 3.05) is 27.4 Å². The summed E-state index contributed by atoms with van der Waals surface area (Å²) in [4.78, 5) is 10.9. The number of ether oxygens (including phenoxy) is 5. The molecule has 2 unspecified atom stereocenters. The van der Waals surface area contributed by atoms with Gasteiger partial charge in [-0.15, -0.1) is 0 Å². The van der Waals surface area contributed by atoms with Crippen LogP contribution in [0.25, 0.3) is 0 Å². The van der Waals surface area contributed by atoms with Crippen LogP contribution in [0.5, 0.6) is 0 Å². The van der Waals surface area contributed by atoms with Crippen molar-refractivity contribution in [2.24, 2.45) is 0 Å². The van der Waals surface area contributed by atoms with Gasteiger partial charge >= 0.3 is 6.16 Å². The summed E-state index contributed by atoms with van der Waals surface area (Å²) in [5.74, 6) is 0. The second-order valence-electron chi connectivity index (χ2n) is 3.48. The van der Waals surface area contributed by atoms with Gasteiger partial charge < -0.3 is 23.7 Å². The molecule has 6 heteroatoms. The van der Waals surface area contributed by atoms with E-state index in [1.54, 1.807) is 7.11 Å². The Morgan fingerprint density at radius 2 is 1.73 bits per heavy atom. The van der Waals surface area contributed by atoms with Crippen molar-refractivity contribution >= 4 is 6.16 Å². The number of methoxy groups -OCH3 is 2. The highest BCUT2D eigenvalue weighted by Gasteiger charge is 2.49. The molecule has 0 aromatic carbocycles. The number of hydrogen-bond donors (Lipinski definition) is 0. The van der Waals surface area contributed by atoms with Crippen molar-refractivity contribution in [2.45, 2.75) is 24.4 Å². The SMILES string of the molecule is COC(=O)OC1CO[C@@H]2C(OC)CO[C@H]12. The second-order valence-corrected chi connectivity index (χ2v) is 3.48. The highest BCUT2D eigenvalue weighted by molar-refractivity contribution is 5.60. The molecule has 0 amide bonds. The largest absolute Gasteiger partial charge is 0.508 e. The Balaban J connectivity index is 1.93. The van der Waals surface area contributed by atoms with E-state index < -0.39 is 12.3 Å². The zero-order valence-corrected chi connectivity index (χ0v) is 8.67. The van der Waals surface area contributed by atoms with Gasteiger partial charge in [0.1, 0.15) is 18.3 Å². The summed E-state index contributed by atoms with van der Waals surface area (Å²) in [6.45, 7) is 0.789. The minimum Gasteiger partial charge on any atom is -0.438 e. The van der Waals surface area contributed by atoms with E-state index in [-0.39, 0.29) is 18.3 Å². The maximum absolute atomic E-state index is 10.9. The van der Waals surface area contributed by atoms with Crippen LogP contribution in [0.4, 0.5) is 4.79 Å². The van der Waals surface area contributed by atoms with Crippen LogP contribution in [0, 0.1) is 0 Å². The summed E-state index contributed by atoms with van der Waals surface area (Å²) in [5, 5.41) is 0. The van der Waals surface area contributed by atoms with Gasteiger partial charge in [-0.05, 0) is 0 Å². The van der Waals surface area contributed by atoms with E-state index in [0.29, 0.717) is 13.2 Å². The first-order valence-electron chi connectivity index (χ1n) is 4.77. The molecule has 15 heavy (non-hydrogen) atoms. The lowest BCUT2D eigenvalue weighted by Crippen LogP contribution is -2.34. The van der Waals surface area contributed by atoms with Crippen LogP contribution >= 0.6 is 0 Å². The first-order chi connectivity index (χ1) is 7.26. The van der Waals surface area contributed by atoms with Crippen LogP contribution in [-0.4, -0.2) is 58.0 Å². The zero-order valence-electron chi connectivity index (χ0n) is 8.67. The van der Waals surface area contributed by atoms with Gasteiger partial charge in [0.2, 0.25) is 0 Å². The number of fused-ring (bicyclic) bond motifs is 1.